The predicted octanol–water partition coefficient (Wildman–Crippen LogP) is 4.46. The number of thioether (sulfide) groups is 1. The molecule has 0 radical (unpaired) electrons. The molecule has 8 heteroatoms. The molecule has 2 atom stereocenters. The maximum Gasteiger partial charge on any atom is 0.407 e. The second kappa shape index (κ2) is 12.5. The second-order valence-corrected chi connectivity index (χ2v) is 9.88. The number of nitrogens with one attached hydrogen (secondary N) is 2. The van der Waals surface area contributed by atoms with Crippen LogP contribution in [0, 0.1) is 0 Å². The first kappa shape index (κ1) is 26.3. The van der Waals surface area contributed by atoms with E-state index in [0.29, 0.717) is 5.75 Å². The van der Waals surface area contributed by atoms with Gasteiger partial charge in [-0.1, -0.05) is 78.9 Å². The van der Waals surface area contributed by atoms with Crippen molar-refractivity contribution < 1.29 is 24.2 Å². The Morgan fingerprint density at radius 2 is 1.46 bits per heavy atom. The summed E-state index contributed by atoms with van der Waals surface area (Å²) in [5, 5.41) is 14.8. The molecule has 1 aliphatic rings. The smallest absolute Gasteiger partial charge is 0.407 e. The van der Waals surface area contributed by atoms with E-state index >= 15 is 0 Å². The van der Waals surface area contributed by atoms with Crippen LogP contribution in [-0.2, 0) is 20.7 Å². The van der Waals surface area contributed by atoms with Crippen molar-refractivity contribution in [2.45, 2.75) is 30.8 Å². The van der Waals surface area contributed by atoms with E-state index in [9.17, 15) is 19.5 Å². The fourth-order valence-corrected chi connectivity index (χ4v) is 5.08. The number of rotatable bonds is 11. The Bertz CT molecular complexity index is 1200. The third kappa shape index (κ3) is 6.51. The minimum Gasteiger partial charge on any atom is -0.480 e. The van der Waals surface area contributed by atoms with Crippen molar-refractivity contribution in [2.75, 3.05) is 18.6 Å². The van der Waals surface area contributed by atoms with Crippen LogP contribution in [0.3, 0.4) is 0 Å². The SMILES string of the molecule is CSCC[C@H](NC(=O)[C@H](Cc1ccccc1)NC(=O)OCC1c2ccccc2-c2ccccc21)C(=O)O. The van der Waals surface area contributed by atoms with Gasteiger partial charge in [-0.3, -0.25) is 4.79 Å². The molecule has 3 aromatic carbocycles. The number of carbonyl (C=O) groups is 3. The minimum absolute atomic E-state index is 0.109. The highest BCUT2D eigenvalue weighted by Crippen LogP contribution is 2.44. The number of alkyl carbamates (subject to hydrolysis) is 1. The Labute approximate surface area is 220 Å². The standard InChI is InChI=1S/C29H30N2O5S/c1-37-16-15-25(28(33)34)30-27(32)26(17-19-9-3-2-4-10-19)31-29(35)36-18-24-22-13-7-5-11-20(22)21-12-6-8-14-23(21)24/h2-14,24-26H,15-18H2,1H3,(H,30,32)(H,31,35)(H,33,34)/t25-,26-/m0/s1. The van der Waals surface area contributed by atoms with Crippen LogP contribution in [0.25, 0.3) is 11.1 Å². The molecule has 0 spiro atoms. The van der Waals surface area contributed by atoms with E-state index in [1.54, 1.807) is 0 Å². The van der Waals surface area contributed by atoms with Crippen LogP contribution >= 0.6 is 11.8 Å². The van der Waals surface area contributed by atoms with Crippen LogP contribution in [0.15, 0.2) is 78.9 Å². The van der Waals surface area contributed by atoms with Gasteiger partial charge in [0.2, 0.25) is 5.91 Å². The van der Waals surface area contributed by atoms with Gasteiger partial charge in [-0.2, -0.15) is 11.8 Å². The van der Waals surface area contributed by atoms with Crippen molar-refractivity contribution in [2.24, 2.45) is 0 Å². The zero-order chi connectivity index (χ0) is 26.2. The molecule has 37 heavy (non-hydrogen) atoms. The summed E-state index contributed by atoms with van der Waals surface area (Å²) in [5.41, 5.74) is 5.26. The Kier molecular flexibility index (Phi) is 8.85. The van der Waals surface area contributed by atoms with Gasteiger partial charge in [-0.05, 0) is 46.2 Å². The fourth-order valence-electron chi connectivity index (χ4n) is 4.61. The molecule has 0 bridgehead atoms. The van der Waals surface area contributed by atoms with Gasteiger partial charge in [0.15, 0.2) is 0 Å². The third-order valence-corrected chi connectivity index (χ3v) is 7.10. The number of ether oxygens (including phenoxy) is 1. The first-order valence-electron chi connectivity index (χ1n) is 12.2. The summed E-state index contributed by atoms with van der Waals surface area (Å²) >= 11 is 1.50. The van der Waals surface area contributed by atoms with Crippen molar-refractivity contribution in [1.29, 1.82) is 0 Å². The Morgan fingerprint density at radius 3 is 2.05 bits per heavy atom. The lowest BCUT2D eigenvalue weighted by molar-refractivity contribution is -0.142. The predicted molar refractivity (Wildman–Crippen MR) is 145 cm³/mol. The van der Waals surface area contributed by atoms with Gasteiger partial charge in [0.1, 0.15) is 18.7 Å². The van der Waals surface area contributed by atoms with Crippen molar-refractivity contribution in [3.05, 3.63) is 95.6 Å². The number of hydrogen-bond donors (Lipinski definition) is 3. The monoisotopic (exact) mass is 518 g/mol. The highest BCUT2D eigenvalue weighted by molar-refractivity contribution is 7.98. The molecule has 0 saturated heterocycles. The summed E-state index contributed by atoms with van der Waals surface area (Å²) in [6, 6.07) is 23.3. The first-order chi connectivity index (χ1) is 18.0. The quantitative estimate of drug-likeness (QED) is 0.346. The van der Waals surface area contributed by atoms with E-state index < -0.39 is 30.1 Å². The number of benzene rings is 3. The molecule has 192 valence electrons. The number of fused-ring (bicyclic) bond motifs is 3. The Morgan fingerprint density at radius 1 is 0.865 bits per heavy atom. The minimum atomic E-state index is -1.11. The van der Waals surface area contributed by atoms with Gasteiger partial charge in [0.25, 0.3) is 0 Å². The average Bonchev–Trinajstić information content (AvgIpc) is 3.23. The van der Waals surface area contributed by atoms with Crippen molar-refractivity contribution in [3.8, 4) is 11.1 Å². The van der Waals surface area contributed by atoms with Crippen LogP contribution in [-0.4, -0.2) is 53.8 Å². The second-order valence-electron chi connectivity index (χ2n) is 8.89. The van der Waals surface area contributed by atoms with E-state index in [1.807, 2.05) is 73.0 Å². The van der Waals surface area contributed by atoms with E-state index in [4.69, 9.17) is 4.74 Å². The number of aliphatic carboxylic acids is 1. The molecule has 2 amide bonds. The number of carboxylic acids is 1. The molecule has 0 aliphatic heterocycles. The third-order valence-electron chi connectivity index (χ3n) is 6.46. The summed E-state index contributed by atoms with van der Waals surface area (Å²) in [7, 11) is 0. The lowest BCUT2D eigenvalue weighted by Crippen LogP contribution is -2.52. The van der Waals surface area contributed by atoms with Crippen LogP contribution in [0.5, 0.6) is 0 Å². The molecule has 0 fully saturated rings. The number of hydrogen-bond acceptors (Lipinski definition) is 5. The maximum absolute atomic E-state index is 13.1. The summed E-state index contributed by atoms with van der Waals surface area (Å²) in [4.78, 5) is 37.6. The summed E-state index contributed by atoms with van der Waals surface area (Å²) in [6.07, 6.45) is 1.63. The Hall–Kier alpha value is -3.78. The van der Waals surface area contributed by atoms with E-state index in [2.05, 4.69) is 22.8 Å². The number of carboxylic acid groups (broad SMARTS) is 1. The van der Waals surface area contributed by atoms with Gasteiger partial charge in [-0.25, -0.2) is 9.59 Å². The normalized spacial score (nSPS) is 13.6. The highest BCUT2D eigenvalue weighted by atomic mass is 32.2. The molecule has 0 saturated carbocycles. The zero-order valence-electron chi connectivity index (χ0n) is 20.6. The average molecular weight is 519 g/mol. The zero-order valence-corrected chi connectivity index (χ0v) is 21.4. The molecule has 1 aliphatic carbocycles. The number of carbonyl (C=O) groups excluding carboxylic acids is 2. The van der Waals surface area contributed by atoms with Gasteiger partial charge in [0, 0.05) is 12.3 Å². The fraction of sp³-hybridized carbons (Fsp3) is 0.276. The van der Waals surface area contributed by atoms with Gasteiger partial charge >= 0.3 is 12.1 Å². The molecular weight excluding hydrogens is 488 g/mol. The largest absolute Gasteiger partial charge is 0.480 e. The van der Waals surface area contributed by atoms with Crippen LogP contribution < -0.4 is 10.6 Å². The van der Waals surface area contributed by atoms with Crippen LogP contribution in [0.4, 0.5) is 4.79 Å². The lowest BCUT2D eigenvalue weighted by atomic mass is 9.98. The van der Waals surface area contributed by atoms with Gasteiger partial charge in [0.05, 0.1) is 0 Å². The molecule has 0 heterocycles. The summed E-state index contributed by atoms with van der Waals surface area (Å²) in [5.74, 6) is -1.20. The van der Waals surface area contributed by atoms with Crippen LogP contribution in [0.1, 0.15) is 29.0 Å². The Balaban J connectivity index is 1.45. The van der Waals surface area contributed by atoms with E-state index in [1.165, 1.54) is 11.8 Å². The maximum atomic E-state index is 13.1. The molecule has 4 rings (SSSR count). The van der Waals surface area contributed by atoms with Crippen molar-refractivity contribution in [3.63, 3.8) is 0 Å². The van der Waals surface area contributed by atoms with E-state index in [-0.39, 0.29) is 25.4 Å². The topological polar surface area (TPSA) is 105 Å². The van der Waals surface area contributed by atoms with Gasteiger partial charge < -0.3 is 20.5 Å². The molecular formula is C29H30N2O5S. The van der Waals surface area contributed by atoms with Crippen molar-refractivity contribution >= 4 is 29.7 Å². The molecule has 0 aromatic heterocycles. The van der Waals surface area contributed by atoms with E-state index in [0.717, 1.165) is 27.8 Å². The summed E-state index contributed by atoms with van der Waals surface area (Å²) in [6.45, 7) is 0.116. The number of amides is 2. The first-order valence-corrected chi connectivity index (χ1v) is 13.5. The molecule has 3 aromatic rings. The highest BCUT2D eigenvalue weighted by Gasteiger charge is 2.30. The van der Waals surface area contributed by atoms with Gasteiger partial charge in [-0.15, -0.1) is 0 Å². The molecule has 0 unspecified atom stereocenters. The molecule has 3 N–H and O–H groups in total. The van der Waals surface area contributed by atoms with Crippen LogP contribution in [0.2, 0.25) is 0 Å². The summed E-state index contributed by atoms with van der Waals surface area (Å²) < 4.78 is 5.63. The van der Waals surface area contributed by atoms with Crippen molar-refractivity contribution in [1.82, 2.24) is 10.6 Å². The lowest BCUT2D eigenvalue weighted by Gasteiger charge is -2.22. The molecule has 7 nitrogen and oxygen atoms in total.